The molecule has 1 fully saturated rings. The van der Waals surface area contributed by atoms with Gasteiger partial charge < -0.3 is 10.2 Å². The molecule has 112 valence electrons. The Labute approximate surface area is 127 Å². The van der Waals surface area contributed by atoms with E-state index in [1.807, 2.05) is 12.4 Å². The summed E-state index contributed by atoms with van der Waals surface area (Å²) in [7, 11) is 0. The van der Waals surface area contributed by atoms with E-state index in [9.17, 15) is 0 Å². The first-order valence-corrected chi connectivity index (χ1v) is 7.83. The summed E-state index contributed by atoms with van der Waals surface area (Å²) < 4.78 is 0. The second-order valence-electron chi connectivity index (χ2n) is 6.27. The lowest BCUT2D eigenvalue weighted by Crippen LogP contribution is -2.44. The van der Waals surface area contributed by atoms with Crippen molar-refractivity contribution in [3.63, 3.8) is 0 Å². The number of nitrogens with one attached hydrogen (secondary N) is 1. The van der Waals surface area contributed by atoms with Crippen molar-refractivity contribution in [3.8, 4) is 0 Å². The Hall–Kier alpha value is -1.68. The summed E-state index contributed by atoms with van der Waals surface area (Å²) in [5, 5.41) is 3.35. The van der Waals surface area contributed by atoms with Crippen LogP contribution in [0.25, 0.3) is 0 Å². The van der Waals surface area contributed by atoms with E-state index in [0.29, 0.717) is 0 Å². The maximum absolute atomic E-state index is 4.60. The molecule has 4 nitrogen and oxygen atoms in total. The molecule has 1 aliphatic heterocycles. The van der Waals surface area contributed by atoms with E-state index in [2.05, 4.69) is 52.3 Å². The topological polar surface area (TPSA) is 41.1 Å². The quantitative estimate of drug-likeness (QED) is 0.925. The second kappa shape index (κ2) is 5.98. The molecule has 1 N–H and O–H groups in total. The van der Waals surface area contributed by atoms with Gasteiger partial charge in [0.25, 0.3) is 0 Å². The van der Waals surface area contributed by atoms with Crippen LogP contribution in [0.3, 0.4) is 0 Å². The number of hydrogen-bond donors (Lipinski definition) is 1. The predicted molar refractivity (Wildman–Crippen MR) is 86.6 cm³/mol. The third-order valence-corrected chi connectivity index (χ3v) is 4.48. The van der Waals surface area contributed by atoms with Crippen LogP contribution in [0.1, 0.15) is 32.3 Å². The SMILES string of the molecule is CC(C)(C1=CCCC=C1)c1cnc(N2CCNCC2)nc1. The highest BCUT2D eigenvalue weighted by atomic mass is 15.3. The number of hydrogen-bond acceptors (Lipinski definition) is 4. The lowest BCUT2D eigenvalue weighted by atomic mass is 9.77. The van der Waals surface area contributed by atoms with Crippen molar-refractivity contribution < 1.29 is 0 Å². The molecule has 0 radical (unpaired) electrons. The van der Waals surface area contributed by atoms with Crippen LogP contribution < -0.4 is 10.2 Å². The van der Waals surface area contributed by atoms with E-state index in [4.69, 9.17) is 0 Å². The van der Waals surface area contributed by atoms with Crippen molar-refractivity contribution in [2.45, 2.75) is 32.1 Å². The highest BCUT2D eigenvalue weighted by Crippen LogP contribution is 2.33. The van der Waals surface area contributed by atoms with Crippen LogP contribution in [0.15, 0.2) is 36.2 Å². The van der Waals surface area contributed by atoms with Gasteiger partial charge in [0.05, 0.1) is 0 Å². The summed E-state index contributed by atoms with van der Waals surface area (Å²) in [4.78, 5) is 11.4. The molecule has 0 bridgehead atoms. The van der Waals surface area contributed by atoms with Gasteiger partial charge in [-0.1, -0.05) is 32.1 Å². The van der Waals surface area contributed by atoms with Crippen LogP contribution in [0.2, 0.25) is 0 Å². The zero-order chi connectivity index (χ0) is 14.7. The molecule has 2 aliphatic rings. The third kappa shape index (κ3) is 3.00. The summed E-state index contributed by atoms with van der Waals surface area (Å²) in [5.74, 6) is 0.851. The summed E-state index contributed by atoms with van der Waals surface area (Å²) in [6, 6.07) is 0. The Balaban J connectivity index is 1.79. The van der Waals surface area contributed by atoms with Crippen molar-refractivity contribution in [1.29, 1.82) is 0 Å². The molecular weight excluding hydrogens is 260 g/mol. The van der Waals surface area contributed by atoms with Crippen molar-refractivity contribution >= 4 is 5.95 Å². The molecule has 0 saturated carbocycles. The number of anilines is 1. The Kier molecular flexibility index (Phi) is 4.06. The number of piperazine rings is 1. The van der Waals surface area contributed by atoms with Gasteiger partial charge in [-0.2, -0.15) is 0 Å². The number of nitrogens with zero attached hydrogens (tertiary/aromatic N) is 3. The van der Waals surface area contributed by atoms with Gasteiger partial charge in [0.2, 0.25) is 5.95 Å². The molecule has 1 aromatic rings. The highest BCUT2D eigenvalue weighted by molar-refractivity contribution is 5.41. The molecule has 3 rings (SSSR count). The summed E-state index contributed by atoms with van der Waals surface area (Å²) >= 11 is 0. The fourth-order valence-corrected chi connectivity index (χ4v) is 2.92. The summed E-state index contributed by atoms with van der Waals surface area (Å²) in [6.45, 7) is 8.48. The van der Waals surface area contributed by atoms with Crippen LogP contribution in [0.4, 0.5) is 5.95 Å². The molecule has 0 amide bonds. The van der Waals surface area contributed by atoms with E-state index in [1.165, 1.54) is 11.1 Å². The first-order valence-electron chi connectivity index (χ1n) is 7.83. The molecule has 0 aromatic carbocycles. The van der Waals surface area contributed by atoms with E-state index in [-0.39, 0.29) is 5.41 Å². The molecule has 0 atom stereocenters. The van der Waals surface area contributed by atoms with Crippen molar-refractivity contribution in [2.75, 3.05) is 31.1 Å². The van der Waals surface area contributed by atoms with Gasteiger partial charge in [0.1, 0.15) is 0 Å². The summed E-state index contributed by atoms with van der Waals surface area (Å²) in [6.07, 6.45) is 13.1. The largest absolute Gasteiger partial charge is 0.338 e. The number of rotatable bonds is 3. The van der Waals surface area contributed by atoms with Gasteiger partial charge in [0.15, 0.2) is 0 Å². The minimum absolute atomic E-state index is 0.0289. The molecule has 2 heterocycles. The summed E-state index contributed by atoms with van der Waals surface area (Å²) in [5.41, 5.74) is 2.52. The second-order valence-corrected chi connectivity index (χ2v) is 6.27. The Morgan fingerprint density at radius 3 is 2.43 bits per heavy atom. The van der Waals surface area contributed by atoms with Gasteiger partial charge in [-0.05, 0) is 24.0 Å². The number of allylic oxidation sites excluding steroid dienone is 4. The normalized spacial score (nSPS) is 19.5. The highest BCUT2D eigenvalue weighted by Gasteiger charge is 2.26. The van der Waals surface area contributed by atoms with Crippen LogP contribution in [0, 0.1) is 0 Å². The molecule has 0 spiro atoms. The minimum atomic E-state index is -0.0289. The van der Waals surface area contributed by atoms with E-state index < -0.39 is 0 Å². The molecule has 1 saturated heterocycles. The van der Waals surface area contributed by atoms with Gasteiger partial charge in [-0.15, -0.1) is 0 Å². The van der Waals surface area contributed by atoms with Crippen molar-refractivity contribution in [1.82, 2.24) is 15.3 Å². The average Bonchev–Trinajstić information content (AvgIpc) is 2.57. The maximum Gasteiger partial charge on any atom is 0.225 e. The van der Waals surface area contributed by atoms with Crippen LogP contribution >= 0.6 is 0 Å². The van der Waals surface area contributed by atoms with Crippen molar-refractivity contribution in [3.05, 3.63) is 41.8 Å². The molecule has 1 aliphatic carbocycles. The zero-order valence-electron chi connectivity index (χ0n) is 13.0. The fraction of sp³-hybridized carbons (Fsp3) is 0.529. The van der Waals surface area contributed by atoms with Crippen LogP contribution in [0.5, 0.6) is 0 Å². The molecule has 21 heavy (non-hydrogen) atoms. The minimum Gasteiger partial charge on any atom is -0.338 e. The van der Waals surface area contributed by atoms with Gasteiger partial charge in [-0.25, -0.2) is 9.97 Å². The average molecular weight is 284 g/mol. The molecule has 4 heteroatoms. The Morgan fingerprint density at radius 1 is 1.10 bits per heavy atom. The molecule has 1 aromatic heterocycles. The number of aromatic nitrogens is 2. The van der Waals surface area contributed by atoms with Gasteiger partial charge >= 0.3 is 0 Å². The first kappa shape index (κ1) is 14.3. The lowest BCUT2D eigenvalue weighted by molar-refractivity contribution is 0.576. The predicted octanol–water partition coefficient (Wildman–Crippen LogP) is 2.44. The van der Waals surface area contributed by atoms with Crippen LogP contribution in [-0.2, 0) is 5.41 Å². The van der Waals surface area contributed by atoms with Gasteiger partial charge in [0, 0.05) is 44.0 Å². The van der Waals surface area contributed by atoms with E-state index in [1.54, 1.807) is 0 Å². The Morgan fingerprint density at radius 2 is 1.81 bits per heavy atom. The standard InChI is InChI=1S/C17H24N4/c1-17(2,14-6-4-3-5-7-14)15-12-19-16(20-13-15)21-10-8-18-9-11-21/h4,6-7,12-13,18H,3,5,8-11H2,1-2H3. The monoisotopic (exact) mass is 284 g/mol. The zero-order valence-corrected chi connectivity index (χ0v) is 13.0. The lowest BCUT2D eigenvalue weighted by Gasteiger charge is -2.30. The molecular formula is C17H24N4. The Bertz CT molecular complexity index is 536. The first-order chi connectivity index (χ1) is 10.2. The van der Waals surface area contributed by atoms with Gasteiger partial charge in [-0.3, -0.25) is 0 Å². The van der Waals surface area contributed by atoms with Crippen molar-refractivity contribution in [2.24, 2.45) is 0 Å². The smallest absolute Gasteiger partial charge is 0.225 e. The fourth-order valence-electron chi connectivity index (χ4n) is 2.92. The third-order valence-electron chi connectivity index (χ3n) is 4.48. The van der Waals surface area contributed by atoms with E-state index >= 15 is 0 Å². The maximum atomic E-state index is 4.60. The molecule has 0 unspecified atom stereocenters. The van der Waals surface area contributed by atoms with Crippen LogP contribution in [-0.4, -0.2) is 36.1 Å². The van der Waals surface area contributed by atoms with E-state index in [0.717, 1.165) is 45.0 Å².